The molecule has 0 aromatic carbocycles. The van der Waals surface area contributed by atoms with Crippen LogP contribution in [0.15, 0.2) is 0 Å². The Balaban J connectivity index is 2.15. The molecule has 0 spiro atoms. The second kappa shape index (κ2) is 8.10. The molecule has 0 aromatic heterocycles. The first-order chi connectivity index (χ1) is 8.13. The van der Waals surface area contributed by atoms with Crippen molar-refractivity contribution in [1.82, 2.24) is 10.2 Å². The van der Waals surface area contributed by atoms with Crippen molar-refractivity contribution >= 4 is 0 Å². The maximum atomic E-state index is 3.51. The Morgan fingerprint density at radius 1 is 1.29 bits per heavy atom. The molecular formula is C15H32N2. The normalized spacial score (nSPS) is 24.2. The number of hydrogen-bond acceptors (Lipinski definition) is 2. The molecule has 1 rings (SSSR count). The Kier molecular flexibility index (Phi) is 7.14. The predicted molar refractivity (Wildman–Crippen MR) is 76.4 cm³/mol. The molecule has 1 fully saturated rings. The standard InChI is InChI=1S/C15H32N2/c1-5-15-9-7-11-17(12-15)14(4)8-6-10-16-13(2)3/h13-16H,5-12H2,1-4H3. The molecule has 102 valence electrons. The molecule has 2 atom stereocenters. The van der Waals surface area contributed by atoms with Gasteiger partial charge in [-0.1, -0.05) is 27.2 Å². The average Bonchev–Trinajstić information content (AvgIpc) is 2.34. The predicted octanol–water partition coefficient (Wildman–Crippen LogP) is 3.28. The Bertz CT molecular complexity index is 191. The van der Waals surface area contributed by atoms with Crippen molar-refractivity contribution in [2.45, 2.75) is 71.9 Å². The summed E-state index contributed by atoms with van der Waals surface area (Å²) in [5, 5.41) is 3.51. The number of piperidine rings is 1. The van der Waals surface area contributed by atoms with Crippen LogP contribution in [0.25, 0.3) is 0 Å². The Morgan fingerprint density at radius 2 is 2.06 bits per heavy atom. The van der Waals surface area contributed by atoms with E-state index in [9.17, 15) is 0 Å². The first-order valence-electron chi connectivity index (χ1n) is 7.61. The molecule has 1 N–H and O–H groups in total. The molecule has 2 nitrogen and oxygen atoms in total. The summed E-state index contributed by atoms with van der Waals surface area (Å²) in [6.07, 6.45) is 6.88. The van der Waals surface area contributed by atoms with Crippen LogP contribution in [0.3, 0.4) is 0 Å². The van der Waals surface area contributed by atoms with Gasteiger partial charge in [0.15, 0.2) is 0 Å². The van der Waals surface area contributed by atoms with Crippen LogP contribution in [0.5, 0.6) is 0 Å². The monoisotopic (exact) mass is 240 g/mol. The zero-order valence-corrected chi connectivity index (χ0v) is 12.3. The van der Waals surface area contributed by atoms with E-state index in [0.29, 0.717) is 6.04 Å². The third-order valence-electron chi connectivity index (χ3n) is 4.10. The van der Waals surface area contributed by atoms with Gasteiger partial charge >= 0.3 is 0 Å². The van der Waals surface area contributed by atoms with Crippen LogP contribution in [0.1, 0.15) is 59.8 Å². The molecule has 2 unspecified atom stereocenters. The van der Waals surface area contributed by atoms with Crippen molar-refractivity contribution in [3.63, 3.8) is 0 Å². The lowest BCUT2D eigenvalue weighted by Gasteiger charge is -2.36. The van der Waals surface area contributed by atoms with Gasteiger partial charge in [0.25, 0.3) is 0 Å². The first kappa shape index (κ1) is 15.0. The van der Waals surface area contributed by atoms with Crippen LogP contribution >= 0.6 is 0 Å². The summed E-state index contributed by atoms with van der Waals surface area (Å²) < 4.78 is 0. The number of hydrogen-bond donors (Lipinski definition) is 1. The van der Waals surface area contributed by atoms with Crippen molar-refractivity contribution in [1.29, 1.82) is 0 Å². The molecule has 1 aliphatic rings. The van der Waals surface area contributed by atoms with Crippen LogP contribution < -0.4 is 5.32 Å². The van der Waals surface area contributed by atoms with Gasteiger partial charge in [-0.05, 0) is 51.6 Å². The minimum absolute atomic E-state index is 0.629. The summed E-state index contributed by atoms with van der Waals surface area (Å²) >= 11 is 0. The summed E-state index contributed by atoms with van der Waals surface area (Å²) in [7, 11) is 0. The highest BCUT2D eigenvalue weighted by Crippen LogP contribution is 2.22. The third-order valence-corrected chi connectivity index (χ3v) is 4.10. The maximum absolute atomic E-state index is 3.51. The SMILES string of the molecule is CCC1CCCN(C(C)CCCNC(C)C)C1. The summed E-state index contributed by atoms with van der Waals surface area (Å²) in [5.74, 6) is 0.958. The Labute approximate surface area is 108 Å². The highest BCUT2D eigenvalue weighted by atomic mass is 15.2. The average molecular weight is 240 g/mol. The van der Waals surface area contributed by atoms with Gasteiger partial charge < -0.3 is 10.2 Å². The second-order valence-corrected chi connectivity index (χ2v) is 6.01. The first-order valence-corrected chi connectivity index (χ1v) is 7.61. The molecule has 17 heavy (non-hydrogen) atoms. The van der Waals surface area contributed by atoms with E-state index in [1.165, 1.54) is 51.7 Å². The van der Waals surface area contributed by atoms with Gasteiger partial charge in [-0.2, -0.15) is 0 Å². The largest absolute Gasteiger partial charge is 0.315 e. The smallest absolute Gasteiger partial charge is 0.00675 e. The topological polar surface area (TPSA) is 15.3 Å². The lowest BCUT2D eigenvalue weighted by Crippen LogP contribution is -2.41. The van der Waals surface area contributed by atoms with E-state index in [2.05, 4.69) is 37.9 Å². The highest BCUT2D eigenvalue weighted by molar-refractivity contribution is 4.76. The van der Waals surface area contributed by atoms with E-state index in [4.69, 9.17) is 0 Å². The van der Waals surface area contributed by atoms with Gasteiger partial charge in [-0.25, -0.2) is 0 Å². The second-order valence-electron chi connectivity index (χ2n) is 6.01. The fraction of sp³-hybridized carbons (Fsp3) is 1.00. The summed E-state index contributed by atoms with van der Waals surface area (Å²) in [4.78, 5) is 2.72. The molecule has 1 aliphatic heterocycles. The fourth-order valence-corrected chi connectivity index (χ4v) is 2.80. The van der Waals surface area contributed by atoms with Gasteiger partial charge in [0, 0.05) is 18.6 Å². The lowest BCUT2D eigenvalue weighted by atomic mass is 9.94. The number of rotatable bonds is 7. The number of likely N-dealkylation sites (tertiary alicyclic amines) is 1. The van der Waals surface area contributed by atoms with E-state index in [-0.39, 0.29) is 0 Å². The Morgan fingerprint density at radius 3 is 2.71 bits per heavy atom. The van der Waals surface area contributed by atoms with Crippen molar-refractivity contribution < 1.29 is 0 Å². The van der Waals surface area contributed by atoms with Gasteiger partial charge in [-0.3, -0.25) is 0 Å². The van der Waals surface area contributed by atoms with Gasteiger partial charge in [0.2, 0.25) is 0 Å². The fourth-order valence-electron chi connectivity index (χ4n) is 2.80. The number of nitrogens with one attached hydrogen (secondary N) is 1. The van der Waals surface area contributed by atoms with Crippen LogP contribution in [-0.4, -0.2) is 36.6 Å². The van der Waals surface area contributed by atoms with Crippen LogP contribution in [0.4, 0.5) is 0 Å². The summed E-state index contributed by atoms with van der Waals surface area (Å²) in [5.41, 5.74) is 0. The van der Waals surface area contributed by atoms with E-state index < -0.39 is 0 Å². The highest BCUT2D eigenvalue weighted by Gasteiger charge is 2.21. The molecule has 0 aromatic rings. The Hall–Kier alpha value is -0.0800. The minimum atomic E-state index is 0.629. The van der Waals surface area contributed by atoms with Crippen molar-refractivity contribution in [3.05, 3.63) is 0 Å². The molecule has 0 saturated carbocycles. The van der Waals surface area contributed by atoms with Crippen LogP contribution in [0.2, 0.25) is 0 Å². The van der Waals surface area contributed by atoms with E-state index in [0.717, 1.165) is 12.0 Å². The molecule has 0 amide bonds. The molecule has 1 heterocycles. The minimum Gasteiger partial charge on any atom is -0.315 e. The summed E-state index contributed by atoms with van der Waals surface area (Å²) in [6.45, 7) is 13.0. The van der Waals surface area contributed by atoms with Gasteiger partial charge in [0.1, 0.15) is 0 Å². The zero-order valence-electron chi connectivity index (χ0n) is 12.3. The van der Waals surface area contributed by atoms with Crippen molar-refractivity contribution in [2.24, 2.45) is 5.92 Å². The van der Waals surface area contributed by atoms with Crippen molar-refractivity contribution in [2.75, 3.05) is 19.6 Å². The molecular weight excluding hydrogens is 208 g/mol. The van der Waals surface area contributed by atoms with E-state index in [1.54, 1.807) is 0 Å². The van der Waals surface area contributed by atoms with Crippen LogP contribution in [-0.2, 0) is 0 Å². The maximum Gasteiger partial charge on any atom is 0.00675 e. The molecule has 1 saturated heterocycles. The number of nitrogens with zero attached hydrogens (tertiary/aromatic N) is 1. The van der Waals surface area contributed by atoms with Gasteiger partial charge in [0.05, 0.1) is 0 Å². The summed E-state index contributed by atoms with van der Waals surface area (Å²) in [6, 6.07) is 1.41. The lowest BCUT2D eigenvalue weighted by molar-refractivity contribution is 0.123. The van der Waals surface area contributed by atoms with E-state index in [1.807, 2.05) is 0 Å². The molecule has 0 radical (unpaired) electrons. The van der Waals surface area contributed by atoms with Crippen LogP contribution in [0, 0.1) is 5.92 Å². The van der Waals surface area contributed by atoms with E-state index >= 15 is 0 Å². The molecule has 2 heteroatoms. The molecule has 0 aliphatic carbocycles. The zero-order chi connectivity index (χ0) is 12.7. The van der Waals surface area contributed by atoms with Gasteiger partial charge in [-0.15, -0.1) is 0 Å². The third kappa shape index (κ3) is 5.87. The van der Waals surface area contributed by atoms with Crippen molar-refractivity contribution in [3.8, 4) is 0 Å². The molecule has 0 bridgehead atoms. The quantitative estimate of drug-likeness (QED) is 0.687.